The maximum absolute atomic E-state index is 6.06. The van der Waals surface area contributed by atoms with Crippen molar-refractivity contribution >= 4 is 17.6 Å². The third-order valence-electron chi connectivity index (χ3n) is 5.80. The molecule has 2 aromatic rings. The molecule has 0 saturated carbocycles. The molecule has 1 N–H and O–H groups in total. The van der Waals surface area contributed by atoms with Gasteiger partial charge in [-0.05, 0) is 57.3 Å². The van der Waals surface area contributed by atoms with Crippen LogP contribution in [0.1, 0.15) is 38.5 Å². The lowest BCUT2D eigenvalue weighted by Crippen LogP contribution is -2.41. The third kappa shape index (κ3) is 5.52. The lowest BCUT2D eigenvalue weighted by atomic mass is 10.1. The van der Waals surface area contributed by atoms with Crippen LogP contribution >= 0.6 is 11.6 Å². The van der Waals surface area contributed by atoms with E-state index in [4.69, 9.17) is 21.1 Å². The maximum atomic E-state index is 6.06. The maximum Gasteiger partial charge on any atom is 0.248 e. The van der Waals surface area contributed by atoms with Crippen molar-refractivity contribution in [1.82, 2.24) is 25.3 Å². The minimum absolute atomic E-state index is 0.364. The van der Waals surface area contributed by atoms with E-state index in [0.29, 0.717) is 29.2 Å². The van der Waals surface area contributed by atoms with Gasteiger partial charge in [-0.3, -0.25) is 0 Å². The second-order valence-electron chi connectivity index (χ2n) is 8.15. The minimum atomic E-state index is 0.364. The van der Waals surface area contributed by atoms with Gasteiger partial charge in [0.2, 0.25) is 11.7 Å². The number of halogens is 1. The van der Waals surface area contributed by atoms with Crippen LogP contribution in [0.3, 0.4) is 0 Å². The van der Waals surface area contributed by atoms with Crippen LogP contribution in [0, 0.1) is 5.92 Å². The van der Waals surface area contributed by atoms with Gasteiger partial charge in [0.1, 0.15) is 6.54 Å². The fraction of sp³-hybridized carbons (Fsp3) is 0.591. The van der Waals surface area contributed by atoms with Gasteiger partial charge in [-0.15, -0.1) is 0 Å². The predicted molar refractivity (Wildman–Crippen MR) is 120 cm³/mol. The summed E-state index contributed by atoms with van der Waals surface area (Å²) >= 11 is 6.06. The van der Waals surface area contributed by atoms with Crippen LogP contribution in [-0.4, -0.2) is 65.2 Å². The van der Waals surface area contributed by atoms with E-state index in [1.807, 2.05) is 24.3 Å². The number of piperidine rings is 1. The lowest BCUT2D eigenvalue weighted by Gasteiger charge is -2.29. The molecule has 7 nitrogen and oxygen atoms in total. The number of benzene rings is 1. The standard InChI is InChI=1S/C22H31ClN6O/c1-2-24-22(29-12-9-17(16-29)15-28-10-4-3-5-11-28)25-14-20-26-21(27-30-20)18-7-6-8-19(23)13-18/h6-8,13,17H,2-5,9-12,14-16H2,1H3,(H,24,25). The summed E-state index contributed by atoms with van der Waals surface area (Å²) in [4.78, 5) is 14.2. The molecule has 1 aromatic heterocycles. The Morgan fingerprint density at radius 2 is 2.13 bits per heavy atom. The molecule has 2 aliphatic rings. The molecule has 30 heavy (non-hydrogen) atoms. The number of hydrogen-bond donors (Lipinski definition) is 1. The van der Waals surface area contributed by atoms with E-state index in [1.54, 1.807) is 0 Å². The van der Waals surface area contributed by atoms with E-state index in [2.05, 4.69) is 32.2 Å². The van der Waals surface area contributed by atoms with Crippen molar-refractivity contribution in [2.75, 3.05) is 39.3 Å². The highest BCUT2D eigenvalue weighted by atomic mass is 35.5. The number of aromatic nitrogens is 2. The van der Waals surface area contributed by atoms with Gasteiger partial charge in [-0.25, -0.2) is 4.99 Å². The molecule has 0 aliphatic carbocycles. The summed E-state index contributed by atoms with van der Waals surface area (Å²) in [6.45, 7) is 9.13. The number of hydrogen-bond acceptors (Lipinski definition) is 5. The monoisotopic (exact) mass is 430 g/mol. The molecule has 0 bridgehead atoms. The fourth-order valence-corrected chi connectivity index (χ4v) is 4.50. The largest absolute Gasteiger partial charge is 0.357 e. The van der Waals surface area contributed by atoms with Crippen molar-refractivity contribution in [3.8, 4) is 11.4 Å². The van der Waals surface area contributed by atoms with Gasteiger partial charge in [0, 0.05) is 36.8 Å². The second kappa shape index (κ2) is 10.3. The second-order valence-corrected chi connectivity index (χ2v) is 8.59. The first kappa shape index (κ1) is 21.1. The van der Waals surface area contributed by atoms with Crippen LogP contribution < -0.4 is 5.32 Å². The van der Waals surface area contributed by atoms with Gasteiger partial charge in [-0.1, -0.05) is 35.3 Å². The smallest absolute Gasteiger partial charge is 0.248 e. The van der Waals surface area contributed by atoms with Crippen molar-refractivity contribution in [2.24, 2.45) is 10.9 Å². The van der Waals surface area contributed by atoms with Gasteiger partial charge in [-0.2, -0.15) is 4.98 Å². The number of likely N-dealkylation sites (tertiary alicyclic amines) is 2. The topological polar surface area (TPSA) is 69.8 Å². The van der Waals surface area contributed by atoms with Gasteiger partial charge >= 0.3 is 0 Å². The first-order valence-electron chi connectivity index (χ1n) is 11.1. The average Bonchev–Trinajstić information content (AvgIpc) is 3.42. The number of guanidine groups is 1. The SMILES string of the molecule is CCNC(=NCc1nc(-c2cccc(Cl)c2)no1)N1CCC(CN2CCCCC2)C1. The summed E-state index contributed by atoms with van der Waals surface area (Å²) in [5.41, 5.74) is 0.841. The first-order chi connectivity index (χ1) is 14.7. The Hall–Kier alpha value is -2.12. The van der Waals surface area contributed by atoms with Crippen molar-refractivity contribution in [3.05, 3.63) is 35.2 Å². The molecule has 3 heterocycles. The summed E-state index contributed by atoms with van der Waals surface area (Å²) in [6, 6.07) is 7.45. The number of aliphatic imine (C=N–C) groups is 1. The van der Waals surface area contributed by atoms with Crippen molar-refractivity contribution < 1.29 is 4.52 Å². The zero-order chi connectivity index (χ0) is 20.8. The van der Waals surface area contributed by atoms with Crippen LogP contribution in [0.5, 0.6) is 0 Å². The Labute approximate surface area is 183 Å². The van der Waals surface area contributed by atoms with Crippen LogP contribution in [0.4, 0.5) is 0 Å². The van der Waals surface area contributed by atoms with Crippen LogP contribution in [0.15, 0.2) is 33.8 Å². The molecule has 0 amide bonds. The van der Waals surface area contributed by atoms with Crippen LogP contribution in [-0.2, 0) is 6.54 Å². The molecule has 2 fully saturated rings. The summed E-state index contributed by atoms with van der Waals surface area (Å²) in [5.74, 6) is 2.69. The van der Waals surface area contributed by atoms with Crippen molar-refractivity contribution in [2.45, 2.75) is 39.2 Å². The van der Waals surface area contributed by atoms with E-state index in [9.17, 15) is 0 Å². The fourth-order valence-electron chi connectivity index (χ4n) is 4.31. The average molecular weight is 431 g/mol. The van der Waals surface area contributed by atoms with Gasteiger partial charge < -0.3 is 19.6 Å². The van der Waals surface area contributed by atoms with Gasteiger partial charge in [0.15, 0.2) is 5.96 Å². The Balaban J connectivity index is 1.36. The summed E-state index contributed by atoms with van der Waals surface area (Å²) in [6.07, 6.45) is 5.31. The molecule has 0 spiro atoms. The van der Waals surface area contributed by atoms with Crippen LogP contribution in [0.2, 0.25) is 5.02 Å². The van der Waals surface area contributed by atoms with Crippen molar-refractivity contribution in [1.29, 1.82) is 0 Å². The highest BCUT2D eigenvalue weighted by molar-refractivity contribution is 6.30. The third-order valence-corrected chi connectivity index (χ3v) is 6.04. The van der Waals surface area contributed by atoms with Gasteiger partial charge in [0.05, 0.1) is 0 Å². The Bertz CT molecular complexity index is 848. The number of nitrogens with zero attached hydrogens (tertiary/aromatic N) is 5. The molecular formula is C22H31ClN6O. The quantitative estimate of drug-likeness (QED) is 0.557. The molecule has 1 atom stereocenters. The molecule has 1 unspecified atom stereocenters. The molecule has 8 heteroatoms. The summed E-state index contributed by atoms with van der Waals surface area (Å²) in [5, 5.41) is 8.14. The Morgan fingerprint density at radius 3 is 2.93 bits per heavy atom. The Morgan fingerprint density at radius 1 is 1.27 bits per heavy atom. The molecule has 2 aliphatic heterocycles. The van der Waals surface area contributed by atoms with Gasteiger partial charge in [0.25, 0.3) is 0 Å². The molecular weight excluding hydrogens is 400 g/mol. The number of rotatable bonds is 6. The first-order valence-corrected chi connectivity index (χ1v) is 11.4. The van der Waals surface area contributed by atoms with E-state index in [1.165, 1.54) is 45.3 Å². The normalized spacial score (nSPS) is 20.7. The molecule has 4 rings (SSSR count). The number of nitrogens with one attached hydrogen (secondary N) is 1. The van der Waals surface area contributed by atoms with E-state index < -0.39 is 0 Å². The molecule has 0 radical (unpaired) electrons. The predicted octanol–water partition coefficient (Wildman–Crippen LogP) is 3.66. The van der Waals surface area contributed by atoms with Crippen molar-refractivity contribution in [3.63, 3.8) is 0 Å². The lowest BCUT2D eigenvalue weighted by molar-refractivity contribution is 0.198. The highest BCUT2D eigenvalue weighted by Gasteiger charge is 2.27. The highest BCUT2D eigenvalue weighted by Crippen LogP contribution is 2.21. The van der Waals surface area contributed by atoms with Crippen LogP contribution in [0.25, 0.3) is 11.4 Å². The molecule has 162 valence electrons. The molecule has 2 saturated heterocycles. The van der Waals surface area contributed by atoms with E-state index in [-0.39, 0.29) is 0 Å². The van der Waals surface area contributed by atoms with E-state index >= 15 is 0 Å². The Kier molecular flexibility index (Phi) is 7.23. The summed E-state index contributed by atoms with van der Waals surface area (Å²) in [7, 11) is 0. The van der Waals surface area contributed by atoms with E-state index in [0.717, 1.165) is 31.2 Å². The molecule has 1 aromatic carbocycles. The zero-order valence-electron chi connectivity index (χ0n) is 17.7. The minimum Gasteiger partial charge on any atom is -0.357 e. The zero-order valence-corrected chi connectivity index (χ0v) is 18.4. The summed E-state index contributed by atoms with van der Waals surface area (Å²) < 4.78 is 5.41.